The van der Waals surface area contributed by atoms with Crippen molar-refractivity contribution < 1.29 is 9.53 Å². The second-order valence-electron chi connectivity index (χ2n) is 9.10. The normalized spacial score (nSPS) is 34.2. The smallest absolute Gasteiger partial charge is 0.415 e. The van der Waals surface area contributed by atoms with Gasteiger partial charge in [0.25, 0.3) is 0 Å². The van der Waals surface area contributed by atoms with Crippen molar-refractivity contribution in [2.24, 2.45) is 17.6 Å². The molecular weight excluding hydrogens is 380 g/mol. The van der Waals surface area contributed by atoms with Crippen LogP contribution in [-0.4, -0.2) is 60.5 Å². The average molecular weight is 413 g/mol. The van der Waals surface area contributed by atoms with E-state index >= 15 is 0 Å². The average Bonchev–Trinajstić information content (AvgIpc) is 3.06. The molecular formula is C22H32N6O2. The number of piperidine rings is 1. The maximum atomic E-state index is 12.0. The number of fused-ring (bicyclic) bond motifs is 1. The van der Waals surface area contributed by atoms with E-state index in [4.69, 9.17) is 10.5 Å². The molecule has 8 heteroatoms. The third-order valence-corrected chi connectivity index (χ3v) is 6.89. The molecule has 5 atom stereocenters. The number of nitrogens with zero attached hydrogens (tertiary/aromatic N) is 2. The van der Waals surface area contributed by atoms with Crippen molar-refractivity contribution in [3.63, 3.8) is 0 Å². The number of nitrogens with one attached hydrogen (secondary N) is 3. The number of likely N-dealkylation sites (tertiary alicyclic amines) is 1. The first-order valence-corrected chi connectivity index (χ1v) is 11.0. The van der Waals surface area contributed by atoms with E-state index in [0.717, 1.165) is 37.3 Å². The SMILES string of the molecule is C[C@H](NC1NCC=C(N2C(=O)OC[C@@H]2C)N1)c1ccc(CN2CC3C(N)C3C2)cc1. The molecule has 30 heavy (non-hydrogen) atoms. The fraction of sp³-hybridized carbons (Fsp3) is 0.591. The fourth-order valence-electron chi connectivity index (χ4n) is 4.96. The van der Waals surface area contributed by atoms with Crippen molar-refractivity contribution in [1.29, 1.82) is 0 Å². The van der Waals surface area contributed by atoms with Gasteiger partial charge in [-0.3, -0.25) is 20.4 Å². The number of hydrogen-bond donors (Lipinski definition) is 4. The number of rotatable bonds is 6. The van der Waals surface area contributed by atoms with Crippen LogP contribution in [0.3, 0.4) is 0 Å². The number of carbonyl (C=O) groups excluding carboxylic acids is 1. The van der Waals surface area contributed by atoms with Crippen molar-refractivity contribution in [1.82, 2.24) is 25.8 Å². The molecule has 1 saturated carbocycles. The highest BCUT2D eigenvalue weighted by Gasteiger charge is 2.53. The molecule has 0 aromatic heterocycles. The summed E-state index contributed by atoms with van der Waals surface area (Å²) in [6.45, 7) is 8.54. The van der Waals surface area contributed by atoms with E-state index in [-0.39, 0.29) is 24.5 Å². The van der Waals surface area contributed by atoms with E-state index in [9.17, 15) is 4.79 Å². The zero-order chi connectivity index (χ0) is 20.8. The quantitative estimate of drug-likeness (QED) is 0.551. The predicted octanol–water partition coefficient (Wildman–Crippen LogP) is 0.885. The van der Waals surface area contributed by atoms with Crippen LogP contribution in [0.4, 0.5) is 4.79 Å². The van der Waals surface area contributed by atoms with Crippen molar-refractivity contribution in [3.05, 3.63) is 47.3 Å². The monoisotopic (exact) mass is 412 g/mol. The second kappa shape index (κ2) is 7.85. The van der Waals surface area contributed by atoms with Crippen LogP contribution < -0.4 is 21.7 Å². The summed E-state index contributed by atoms with van der Waals surface area (Å²) in [5, 5.41) is 10.3. The zero-order valence-electron chi connectivity index (χ0n) is 17.7. The maximum absolute atomic E-state index is 12.0. The predicted molar refractivity (Wildman–Crippen MR) is 114 cm³/mol. The van der Waals surface area contributed by atoms with Crippen LogP contribution in [0.1, 0.15) is 31.0 Å². The lowest BCUT2D eigenvalue weighted by molar-refractivity contribution is 0.160. The third kappa shape index (κ3) is 3.80. The van der Waals surface area contributed by atoms with Crippen LogP contribution in [0, 0.1) is 11.8 Å². The lowest BCUT2D eigenvalue weighted by atomic mass is 10.1. The Morgan fingerprint density at radius 1 is 1.27 bits per heavy atom. The Balaban J connectivity index is 1.14. The summed E-state index contributed by atoms with van der Waals surface area (Å²) in [6.07, 6.45) is 1.57. The summed E-state index contributed by atoms with van der Waals surface area (Å²) in [5.74, 6) is 2.26. The van der Waals surface area contributed by atoms with E-state index in [0.29, 0.717) is 19.2 Å². The van der Waals surface area contributed by atoms with Gasteiger partial charge in [0.2, 0.25) is 0 Å². The number of benzene rings is 1. The first-order valence-electron chi connectivity index (χ1n) is 11.0. The van der Waals surface area contributed by atoms with Crippen molar-refractivity contribution in [2.45, 2.75) is 44.8 Å². The van der Waals surface area contributed by atoms with Crippen molar-refractivity contribution in [2.75, 3.05) is 26.2 Å². The van der Waals surface area contributed by atoms with Gasteiger partial charge in [-0.15, -0.1) is 0 Å². The van der Waals surface area contributed by atoms with E-state index in [1.54, 1.807) is 4.90 Å². The number of ether oxygens (including phenoxy) is 1. The maximum Gasteiger partial charge on any atom is 0.415 e. The number of carbonyl (C=O) groups is 1. The highest BCUT2D eigenvalue weighted by molar-refractivity contribution is 5.72. The minimum atomic E-state index is -0.289. The number of nitrogens with two attached hydrogens (primary N) is 1. The van der Waals surface area contributed by atoms with Gasteiger partial charge < -0.3 is 15.8 Å². The third-order valence-electron chi connectivity index (χ3n) is 6.89. The topological polar surface area (TPSA) is 94.9 Å². The van der Waals surface area contributed by atoms with Crippen LogP contribution in [0.5, 0.6) is 0 Å². The molecule has 2 saturated heterocycles. The molecule has 1 aromatic carbocycles. The lowest BCUT2D eigenvalue weighted by Crippen LogP contribution is -2.58. The van der Waals surface area contributed by atoms with Gasteiger partial charge in [-0.25, -0.2) is 4.79 Å². The van der Waals surface area contributed by atoms with Gasteiger partial charge in [0.05, 0.1) is 6.04 Å². The summed E-state index contributed by atoms with van der Waals surface area (Å²) >= 11 is 0. The van der Waals surface area contributed by atoms with Gasteiger partial charge in [-0.05, 0) is 42.9 Å². The summed E-state index contributed by atoms with van der Waals surface area (Å²) in [6, 6.07) is 9.51. The molecule has 1 aromatic rings. The molecule has 0 spiro atoms. The van der Waals surface area contributed by atoms with Gasteiger partial charge in [0, 0.05) is 38.3 Å². The molecule has 3 unspecified atom stereocenters. The van der Waals surface area contributed by atoms with Crippen LogP contribution in [-0.2, 0) is 11.3 Å². The minimum absolute atomic E-state index is 0.0391. The first-order chi connectivity index (χ1) is 14.5. The molecule has 5 rings (SSSR count). The summed E-state index contributed by atoms with van der Waals surface area (Å²) in [7, 11) is 0. The van der Waals surface area contributed by atoms with Crippen LogP contribution in [0.15, 0.2) is 36.2 Å². The largest absolute Gasteiger partial charge is 0.447 e. The zero-order valence-corrected chi connectivity index (χ0v) is 17.7. The Kier molecular flexibility index (Phi) is 5.18. The Morgan fingerprint density at radius 3 is 2.67 bits per heavy atom. The summed E-state index contributed by atoms with van der Waals surface area (Å²) in [4.78, 5) is 16.2. The Morgan fingerprint density at radius 2 is 2.00 bits per heavy atom. The molecule has 0 bridgehead atoms. The molecule has 1 aliphatic carbocycles. The van der Waals surface area contributed by atoms with E-state index in [1.807, 2.05) is 13.0 Å². The van der Waals surface area contributed by atoms with Crippen molar-refractivity contribution in [3.8, 4) is 0 Å². The fourth-order valence-corrected chi connectivity index (χ4v) is 4.96. The molecule has 8 nitrogen and oxygen atoms in total. The van der Waals surface area contributed by atoms with Gasteiger partial charge in [-0.2, -0.15) is 0 Å². The molecule has 3 heterocycles. The second-order valence-corrected chi connectivity index (χ2v) is 9.10. The van der Waals surface area contributed by atoms with Gasteiger partial charge in [0.1, 0.15) is 18.7 Å². The molecule has 0 radical (unpaired) electrons. The van der Waals surface area contributed by atoms with Gasteiger partial charge in [0.15, 0.2) is 0 Å². The summed E-state index contributed by atoms with van der Waals surface area (Å²) in [5.41, 5.74) is 8.63. The van der Waals surface area contributed by atoms with Crippen LogP contribution >= 0.6 is 0 Å². The van der Waals surface area contributed by atoms with E-state index < -0.39 is 0 Å². The number of hydrogen-bond acceptors (Lipinski definition) is 7. The lowest BCUT2D eigenvalue weighted by Gasteiger charge is -2.33. The molecule has 3 fully saturated rings. The van der Waals surface area contributed by atoms with Crippen LogP contribution in [0.25, 0.3) is 0 Å². The first kappa shape index (κ1) is 19.8. The van der Waals surface area contributed by atoms with Crippen molar-refractivity contribution >= 4 is 6.09 Å². The van der Waals surface area contributed by atoms with Gasteiger partial charge >= 0.3 is 6.09 Å². The standard InChI is InChI=1S/C22H32N6O2/c1-13-12-30-22(29)28(13)19-7-8-24-21(26-19)25-14(2)16-5-3-15(4-6-16)9-27-10-17-18(11-27)20(17)23/h3-7,13-14,17-18,20-21,24-26H,8-12,23H2,1-2H3/t13-,14-,17?,18?,20?,21?/m0/s1. The van der Waals surface area contributed by atoms with Crippen LogP contribution in [0.2, 0.25) is 0 Å². The molecule has 5 N–H and O–H groups in total. The number of amides is 1. The number of cyclic esters (lactones) is 1. The molecule has 162 valence electrons. The van der Waals surface area contributed by atoms with E-state index in [2.05, 4.69) is 52.0 Å². The minimum Gasteiger partial charge on any atom is -0.447 e. The highest BCUT2D eigenvalue weighted by Crippen LogP contribution is 2.44. The molecule has 1 amide bonds. The molecule has 4 aliphatic rings. The Labute approximate surface area is 177 Å². The molecule has 3 aliphatic heterocycles. The highest BCUT2D eigenvalue weighted by atomic mass is 16.6. The van der Waals surface area contributed by atoms with E-state index in [1.165, 1.54) is 11.1 Å². The Hall–Kier alpha value is -2.13. The van der Waals surface area contributed by atoms with Gasteiger partial charge in [-0.1, -0.05) is 24.3 Å². The Bertz CT molecular complexity index is 815. The summed E-state index contributed by atoms with van der Waals surface area (Å²) < 4.78 is 5.14.